The van der Waals surface area contributed by atoms with E-state index in [9.17, 15) is 25.2 Å². The van der Waals surface area contributed by atoms with Crippen LogP contribution in [0.25, 0.3) is 0 Å². The van der Waals surface area contributed by atoms with Crippen molar-refractivity contribution in [2.24, 2.45) is 0 Å². The van der Waals surface area contributed by atoms with Crippen molar-refractivity contribution in [2.75, 3.05) is 7.11 Å². The number of methoxy groups -OCH3 is 1. The molecule has 4 rings (SSSR count). The summed E-state index contributed by atoms with van der Waals surface area (Å²) in [5, 5.41) is 4.19. The van der Waals surface area contributed by atoms with Crippen molar-refractivity contribution in [3.63, 3.8) is 0 Å². The zero-order valence-electron chi connectivity index (χ0n) is 22.5. The van der Waals surface area contributed by atoms with Gasteiger partial charge in [0.1, 0.15) is 6.10 Å². The second-order valence-electron chi connectivity index (χ2n) is 7.72. The SMILES string of the molecule is C/C=C/[C]1[CH][CH][C](OC)[CH]C1.F[P-](F)(F)(F)(F)F.[C-]#[O+].[C-]#[O+].[Fe+2].c1ccc(P(c2ccccc2)c2ccccc2)cc1. The Labute approximate surface area is 255 Å². The van der Waals surface area contributed by atoms with Crippen LogP contribution in [-0.4, -0.2) is 7.11 Å². The molecule has 0 unspecified atom stereocenters. The molecule has 3 aromatic rings. The van der Waals surface area contributed by atoms with Crippen LogP contribution in [0.1, 0.15) is 13.3 Å². The van der Waals surface area contributed by atoms with Gasteiger partial charge in [0.05, 0.1) is 0 Å². The summed E-state index contributed by atoms with van der Waals surface area (Å²) in [5.74, 6) is 1.33. The summed E-state index contributed by atoms with van der Waals surface area (Å²) in [4.78, 5) is 0. The van der Waals surface area contributed by atoms with Crippen LogP contribution in [0.2, 0.25) is 0 Å². The normalized spacial score (nSPS) is 14.8. The topological polar surface area (TPSA) is 49.0 Å². The molecule has 0 aliphatic heterocycles. The Balaban J connectivity index is 0. The Bertz CT molecular complexity index is 1060. The molecule has 0 heterocycles. The van der Waals surface area contributed by atoms with Crippen LogP contribution in [0.3, 0.4) is 0 Å². The molecule has 1 aliphatic rings. The van der Waals surface area contributed by atoms with Gasteiger partial charge in [-0.25, -0.2) is 0 Å². The fraction of sp³-hybridized carbons (Fsp3) is 0.100. The summed E-state index contributed by atoms with van der Waals surface area (Å²) in [6.45, 7) is 11.0. The maximum Gasteiger partial charge on any atom is 2.00 e. The minimum atomic E-state index is -10.7. The van der Waals surface area contributed by atoms with Gasteiger partial charge in [-0.15, -0.1) is 0 Å². The van der Waals surface area contributed by atoms with Crippen molar-refractivity contribution < 1.29 is 56.3 Å². The molecule has 42 heavy (non-hydrogen) atoms. The molecule has 225 valence electrons. The Morgan fingerprint density at radius 2 is 1.02 bits per heavy atom. The van der Waals surface area contributed by atoms with Crippen LogP contribution in [0, 0.1) is 44.6 Å². The van der Waals surface area contributed by atoms with Gasteiger partial charge in [-0.2, -0.15) is 0 Å². The third-order valence-corrected chi connectivity index (χ3v) is 7.10. The third-order valence-electron chi connectivity index (χ3n) is 4.66. The number of hydrogen-bond acceptors (Lipinski definition) is 1. The van der Waals surface area contributed by atoms with Gasteiger partial charge in [-0.05, 0) is 50.0 Å². The van der Waals surface area contributed by atoms with Gasteiger partial charge in [-0.1, -0.05) is 103 Å². The van der Waals surface area contributed by atoms with E-state index in [0.717, 1.165) is 12.5 Å². The Kier molecular flexibility index (Phi) is 19.9. The number of rotatable bonds is 5. The van der Waals surface area contributed by atoms with E-state index in [2.05, 4.69) is 123 Å². The number of ether oxygens (including phenoxy) is 1. The van der Waals surface area contributed by atoms with Crippen LogP contribution in [0.5, 0.6) is 0 Å². The van der Waals surface area contributed by atoms with Crippen LogP contribution >= 0.6 is 15.7 Å². The predicted octanol–water partition coefficient (Wildman–Crippen LogP) is 9.08. The van der Waals surface area contributed by atoms with Gasteiger partial charge in [0.15, 0.2) is 0 Å². The zero-order valence-corrected chi connectivity index (χ0v) is 25.4. The number of halogens is 6. The van der Waals surface area contributed by atoms with E-state index in [0.29, 0.717) is 0 Å². The van der Waals surface area contributed by atoms with Crippen molar-refractivity contribution in [3.8, 4) is 0 Å². The fourth-order valence-electron chi connectivity index (χ4n) is 3.21. The molecule has 1 saturated carbocycles. The Morgan fingerprint density at radius 1 is 0.690 bits per heavy atom. The molecule has 12 heteroatoms. The van der Waals surface area contributed by atoms with Crippen molar-refractivity contribution in [1.82, 2.24) is 0 Å². The van der Waals surface area contributed by atoms with E-state index in [1.807, 2.05) is 19.4 Å². The monoisotopic (exact) mass is 668 g/mol. The standard InChI is InChI=1S/C18H15P.C10H13O.2CO.F6P.Fe/c1-4-10-16(11-5-1)19(17-12-6-2-7-13-17)18-14-8-3-9-15-18;1-3-4-9-5-7-10(11-2)8-6-9;2*1-2;1-7(2,3,4,5)6;/h1-15H;3-5,7-8H,6H2,1-2H3;;;;/q;;;;-1;+2/b;4-3+;;;;. The summed E-state index contributed by atoms with van der Waals surface area (Å²) in [6.07, 6.45) is 12.2. The van der Waals surface area contributed by atoms with Gasteiger partial charge in [0, 0.05) is 19.4 Å². The molecule has 1 fully saturated rings. The minimum Gasteiger partial charge on any atom is -0.0622 e. The first-order chi connectivity index (χ1) is 19.3. The number of hydrogen-bond donors (Lipinski definition) is 0. The maximum absolute atomic E-state index is 10.7. The van der Waals surface area contributed by atoms with E-state index in [-0.39, 0.29) is 17.1 Å². The van der Waals surface area contributed by atoms with Crippen molar-refractivity contribution in [3.05, 3.63) is 148 Å². The Morgan fingerprint density at radius 3 is 1.26 bits per heavy atom. The molecule has 3 nitrogen and oxygen atoms in total. The average Bonchev–Trinajstić information content (AvgIpc) is 2.96. The van der Waals surface area contributed by atoms with Crippen molar-refractivity contribution in [2.45, 2.75) is 13.3 Å². The molecule has 0 saturated heterocycles. The first-order valence-electron chi connectivity index (χ1n) is 11.6. The fourth-order valence-corrected chi connectivity index (χ4v) is 5.52. The molecular formula is C30H28F6FeO3P2+. The Hall–Kier alpha value is -2.20. The van der Waals surface area contributed by atoms with E-state index < -0.39 is 15.7 Å². The first-order valence-corrected chi connectivity index (χ1v) is 15.0. The largest absolute Gasteiger partial charge is 2.00 e. The maximum atomic E-state index is 9.87. The summed E-state index contributed by atoms with van der Waals surface area (Å²) in [5.41, 5.74) is 0. The second kappa shape index (κ2) is 19.9. The molecule has 5 radical (unpaired) electrons. The molecule has 3 aromatic carbocycles. The van der Waals surface area contributed by atoms with Gasteiger partial charge in [-0.3, -0.25) is 0 Å². The van der Waals surface area contributed by atoms with Crippen LogP contribution < -0.4 is 15.9 Å². The molecule has 0 amide bonds. The third kappa shape index (κ3) is 21.5. The summed E-state index contributed by atoms with van der Waals surface area (Å²) in [6, 6.07) is 32.3. The van der Waals surface area contributed by atoms with Crippen LogP contribution in [0.15, 0.2) is 103 Å². The van der Waals surface area contributed by atoms with Crippen molar-refractivity contribution in [1.29, 1.82) is 0 Å². The van der Waals surface area contributed by atoms with Gasteiger partial charge in [0.25, 0.3) is 0 Å². The predicted molar refractivity (Wildman–Crippen MR) is 152 cm³/mol. The summed E-state index contributed by atoms with van der Waals surface area (Å²) >= 11 is 0. The first kappa shape index (κ1) is 41.9. The molecular weight excluding hydrogens is 640 g/mol. The molecule has 1 aliphatic carbocycles. The number of benzene rings is 3. The minimum absolute atomic E-state index is 0. The van der Waals surface area contributed by atoms with Gasteiger partial charge >= 0.3 is 72.7 Å². The van der Waals surface area contributed by atoms with E-state index in [1.165, 1.54) is 21.8 Å². The zero-order chi connectivity index (χ0) is 31.4. The molecule has 0 N–H and O–H groups in total. The smallest absolute Gasteiger partial charge is 0.0622 e. The molecule has 0 atom stereocenters. The quantitative estimate of drug-likeness (QED) is 0.0881. The van der Waals surface area contributed by atoms with Gasteiger partial charge in [0.2, 0.25) is 0 Å². The van der Waals surface area contributed by atoms with E-state index in [1.54, 1.807) is 7.11 Å². The van der Waals surface area contributed by atoms with Crippen LogP contribution in [0.4, 0.5) is 25.2 Å². The summed E-state index contributed by atoms with van der Waals surface area (Å²) in [7, 11) is -9.41. The number of allylic oxidation sites excluding steroid dienone is 2. The van der Waals surface area contributed by atoms with Crippen LogP contribution in [-0.2, 0) is 31.1 Å². The molecule has 0 spiro atoms. The summed E-state index contributed by atoms with van der Waals surface area (Å²) < 4.78 is 79.2. The molecule has 0 bridgehead atoms. The molecule has 0 aromatic heterocycles. The van der Waals surface area contributed by atoms with Gasteiger partial charge < -0.3 is 4.74 Å². The second-order valence-corrected chi connectivity index (χ2v) is 11.9. The van der Waals surface area contributed by atoms with Crippen molar-refractivity contribution >= 4 is 31.6 Å². The average molecular weight is 668 g/mol. The van der Waals surface area contributed by atoms with E-state index >= 15 is 0 Å². The van der Waals surface area contributed by atoms with E-state index in [4.69, 9.17) is 14.0 Å².